The number of nitrogens with zero attached hydrogens (tertiary/aromatic N) is 4. The highest BCUT2D eigenvalue weighted by Crippen LogP contribution is 2.23. The Morgan fingerprint density at radius 2 is 1.92 bits per heavy atom. The maximum absolute atomic E-state index is 12.4. The molecule has 0 saturated carbocycles. The number of amides is 1. The summed E-state index contributed by atoms with van der Waals surface area (Å²) in [7, 11) is 0. The molecule has 1 aromatic carbocycles. The van der Waals surface area contributed by atoms with Gasteiger partial charge in [-0.15, -0.1) is 0 Å². The first-order valence-electron chi connectivity index (χ1n) is 9.44. The maximum atomic E-state index is 12.4. The molecule has 0 aliphatic carbocycles. The van der Waals surface area contributed by atoms with E-state index in [0.29, 0.717) is 6.54 Å². The van der Waals surface area contributed by atoms with Crippen molar-refractivity contribution in [1.82, 2.24) is 25.0 Å². The van der Waals surface area contributed by atoms with Gasteiger partial charge in [-0.2, -0.15) is 5.10 Å². The smallest absolute Gasteiger partial charge is 0.244 e. The number of rotatable bonds is 6. The van der Waals surface area contributed by atoms with Crippen LogP contribution in [0.1, 0.15) is 44.4 Å². The Labute approximate surface area is 155 Å². The number of nitrogens with one attached hydrogen (secondary N) is 1. The van der Waals surface area contributed by atoms with Crippen molar-refractivity contribution in [3.63, 3.8) is 0 Å². The van der Waals surface area contributed by atoms with Crippen LogP contribution in [-0.2, 0) is 17.9 Å². The molecule has 0 unspecified atom stereocenters. The standard InChI is InChI=1S/C20H29N5O/c1-15-8-16(2)11-24(10-15)12-19-7-5-4-6-18(19)9-22-20(26)17(3)25-14-21-13-23-25/h4-7,13-17H,8-12H2,1-3H3,(H,22,26)/t15-,16-,17+/m1/s1. The summed E-state index contributed by atoms with van der Waals surface area (Å²) in [5.74, 6) is 1.44. The van der Waals surface area contributed by atoms with Crippen molar-refractivity contribution in [2.45, 2.75) is 46.3 Å². The second-order valence-corrected chi connectivity index (χ2v) is 7.68. The van der Waals surface area contributed by atoms with Crippen LogP contribution in [0.5, 0.6) is 0 Å². The fourth-order valence-electron chi connectivity index (χ4n) is 3.91. The third-order valence-electron chi connectivity index (χ3n) is 5.12. The average molecular weight is 355 g/mol. The van der Waals surface area contributed by atoms with Crippen molar-refractivity contribution in [2.24, 2.45) is 11.8 Å². The highest BCUT2D eigenvalue weighted by atomic mass is 16.2. The maximum Gasteiger partial charge on any atom is 0.244 e. The summed E-state index contributed by atoms with van der Waals surface area (Å²) in [6, 6.07) is 8.02. The molecule has 2 aromatic rings. The molecular weight excluding hydrogens is 326 g/mol. The fraction of sp³-hybridized carbons (Fsp3) is 0.550. The number of benzene rings is 1. The molecule has 3 atom stereocenters. The molecule has 1 saturated heterocycles. The predicted molar refractivity (Wildman–Crippen MR) is 101 cm³/mol. The normalized spacial score (nSPS) is 22.1. The molecule has 0 spiro atoms. The van der Waals surface area contributed by atoms with Gasteiger partial charge in [0, 0.05) is 26.2 Å². The van der Waals surface area contributed by atoms with Crippen molar-refractivity contribution in [2.75, 3.05) is 13.1 Å². The Bertz CT molecular complexity index is 705. The summed E-state index contributed by atoms with van der Waals surface area (Å²) in [4.78, 5) is 18.8. The molecule has 0 bridgehead atoms. The highest BCUT2D eigenvalue weighted by molar-refractivity contribution is 5.79. The van der Waals surface area contributed by atoms with E-state index in [1.54, 1.807) is 11.0 Å². The van der Waals surface area contributed by atoms with Crippen molar-refractivity contribution < 1.29 is 4.79 Å². The first-order chi connectivity index (χ1) is 12.5. The van der Waals surface area contributed by atoms with E-state index < -0.39 is 0 Å². The minimum atomic E-state index is -0.367. The first kappa shape index (κ1) is 18.6. The summed E-state index contributed by atoms with van der Waals surface area (Å²) in [5, 5.41) is 7.08. The zero-order valence-corrected chi connectivity index (χ0v) is 15.9. The van der Waals surface area contributed by atoms with Gasteiger partial charge in [-0.25, -0.2) is 9.67 Å². The largest absolute Gasteiger partial charge is 0.350 e. The molecule has 1 aliphatic rings. The summed E-state index contributed by atoms with van der Waals surface area (Å²) >= 11 is 0. The number of carbonyl (C=O) groups is 1. The van der Waals surface area contributed by atoms with Crippen LogP contribution in [0.3, 0.4) is 0 Å². The monoisotopic (exact) mass is 355 g/mol. The number of likely N-dealkylation sites (tertiary alicyclic amines) is 1. The van der Waals surface area contributed by atoms with Gasteiger partial charge in [-0.3, -0.25) is 9.69 Å². The summed E-state index contributed by atoms with van der Waals surface area (Å²) < 4.78 is 1.57. The predicted octanol–water partition coefficient (Wildman–Crippen LogP) is 2.63. The third kappa shape index (κ3) is 4.69. The van der Waals surface area contributed by atoms with E-state index in [1.807, 2.05) is 13.0 Å². The van der Waals surface area contributed by atoms with E-state index in [4.69, 9.17) is 0 Å². The average Bonchev–Trinajstić information content (AvgIpc) is 3.13. The molecule has 6 nitrogen and oxygen atoms in total. The van der Waals surface area contributed by atoms with Crippen LogP contribution in [0.2, 0.25) is 0 Å². The second-order valence-electron chi connectivity index (χ2n) is 7.68. The molecular formula is C20H29N5O. The van der Waals surface area contributed by atoms with Crippen molar-refractivity contribution in [1.29, 1.82) is 0 Å². The Hall–Kier alpha value is -2.21. The van der Waals surface area contributed by atoms with Gasteiger partial charge in [-0.05, 0) is 36.3 Å². The first-order valence-corrected chi connectivity index (χ1v) is 9.44. The van der Waals surface area contributed by atoms with Crippen LogP contribution < -0.4 is 5.32 Å². The SMILES string of the molecule is C[C@@H]1C[C@@H](C)CN(Cc2ccccc2CNC(=O)[C@H](C)n2cncn2)C1. The van der Waals surface area contributed by atoms with Gasteiger partial charge in [0.25, 0.3) is 0 Å². The Morgan fingerprint density at radius 3 is 2.58 bits per heavy atom. The van der Waals surface area contributed by atoms with E-state index in [1.165, 1.54) is 23.9 Å². The van der Waals surface area contributed by atoms with Crippen LogP contribution in [-0.4, -0.2) is 38.7 Å². The van der Waals surface area contributed by atoms with Crippen LogP contribution in [0, 0.1) is 11.8 Å². The van der Waals surface area contributed by atoms with Gasteiger partial charge in [0.15, 0.2) is 0 Å². The van der Waals surface area contributed by atoms with Crippen molar-refractivity contribution in [3.05, 3.63) is 48.0 Å². The zero-order valence-electron chi connectivity index (χ0n) is 15.9. The van der Waals surface area contributed by atoms with Crippen molar-refractivity contribution in [3.8, 4) is 0 Å². The van der Waals surface area contributed by atoms with E-state index >= 15 is 0 Å². The van der Waals surface area contributed by atoms with Gasteiger partial charge < -0.3 is 5.32 Å². The van der Waals surface area contributed by atoms with Crippen LogP contribution in [0.25, 0.3) is 0 Å². The molecule has 2 heterocycles. The fourth-order valence-corrected chi connectivity index (χ4v) is 3.91. The van der Waals surface area contributed by atoms with E-state index in [2.05, 4.69) is 52.3 Å². The van der Waals surface area contributed by atoms with E-state index in [-0.39, 0.29) is 11.9 Å². The second kappa shape index (κ2) is 8.45. The molecule has 1 aromatic heterocycles. The number of hydrogen-bond acceptors (Lipinski definition) is 4. The zero-order chi connectivity index (χ0) is 18.5. The lowest BCUT2D eigenvalue weighted by Gasteiger charge is -2.35. The third-order valence-corrected chi connectivity index (χ3v) is 5.12. The lowest BCUT2D eigenvalue weighted by molar-refractivity contribution is -0.124. The van der Waals surface area contributed by atoms with Crippen LogP contribution in [0.15, 0.2) is 36.9 Å². The van der Waals surface area contributed by atoms with E-state index in [9.17, 15) is 4.79 Å². The number of aromatic nitrogens is 3. The minimum Gasteiger partial charge on any atom is -0.350 e. The summed E-state index contributed by atoms with van der Waals surface area (Å²) in [6.45, 7) is 10.3. The Balaban J connectivity index is 1.61. The number of hydrogen-bond donors (Lipinski definition) is 1. The number of piperidine rings is 1. The Morgan fingerprint density at radius 1 is 1.23 bits per heavy atom. The quantitative estimate of drug-likeness (QED) is 0.865. The topological polar surface area (TPSA) is 63.1 Å². The minimum absolute atomic E-state index is 0.0504. The molecule has 140 valence electrons. The molecule has 3 rings (SSSR count). The van der Waals surface area contributed by atoms with Gasteiger partial charge >= 0.3 is 0 Å². The summed E-state index contributed by atoms with van der Waals surface area (Å²) in [6.07, 6.45) is 4.32. The number of carbonyl (C=O) groups excluding carboxylic acids is 1. The van der Waals surface area contributed by atoms with Gasteiger partial charge in [0.05, 0.1) is 0 Å². The molecule has 1 amide bonds. The molecule has 0 radical (unpaired) electrons. The lowest BCUT2D eigenvalue weighted by Crippen LogP contribution is -2.38. The van der Waals surface area contributed by atoms with E-state index in [0.717, 1.165) is 31.5 Å². The Kier molecular flexibility index (Phi) is 6.04. The lowest BCUT2D eigenvalue weighted by atomic mass is 9.91. The van der Waals surface area contributed by atoms with Gasteiger partial charge in [0.1, 0.15) is 18.7 Å². The molecule has 1 N–H and O–H groups in total. The summed E-state index contributed by atoms with van der Waals surface area (Å²) in [5.41, 5.74) is 2.47. The molecule has 26 heavy (non-hydrogen) atoms. The van der Waals surface area contributed by atoms with Gasteiger partial charge in [-0.1, -0.05) is 38.1 Å². The molecule has 1 fully saturated rings. The molecule has 1 aliphatic heterocycles. The van der Waals surface area contributed by atoms with Crippen LogP contribution >= 0.6 is 0 Å². The van der Waals surface area contributed by atoms with Gasteiger partial charge in [0.2, 0.25) is 5.91 Å². The van der Waals surface area contributed by atoms with Crippen molar-refractivity contribution >= 4 is 5.91 Å². The highest BCUT2D eigenvalue weighted by Gasteiger charge is 2.22. The molecule has 6 heteroatoms. The van der Waals surface area contributed by atoms with Crippen LogP contribution in [0.4, 0.5) is 0 Å².